The van der Waals surface area contributed by atoms with Crippen molar-refractivity contribution in [3.8, 4) is 0 Å². The van der Waals surface area contributed by atoms with E-state index in [2.05, 4.69) is 15.7 Å². The Kier molecular flexibility index (Phi) is 5.64. The Morgan fingerprint density at radius 1 is 1.48 bits per heavy atom. The summed E-state index contributed by atoms with van der Waals surface area (Å²) in [6.45, 7) is 5.45. The number of hydrogen-bond donors (Lipinski definition) is 2. The summed E-state index contributed by atoms with van der Waals surface area (Å²) >= 11 is 0. The molecule has 8 nitrogen and oxygen atoms in total. The zero-order valence-electron chi connectivity index (χ0n) is 13.8. The van der Waals surface area contributed by atoms with Crippen LogP contribution in [0.3, 0.4) is 0 Å². The highest BCUT2D eigenvalue weighted by Gasteiger charge is 2.26. The molecule has 0 spiro atoms. The van der Waals surface area contributed by atoms with Crippen molar-refractivity contribution in [1.29, 1.82) is 0 Å². The molecule has 1 atom stereocenters. The van der Waals surface area contributed by atoms with E-state index in [-0.39, 0.29) is 18.0 Å². The van der Waals surface area contributed by atoms with Crippen molar-refractivity contribution in [1.82, 2.24) is 19.4 Å². The number of piperidine rings is 1. The van der Waals surface area contributed by atoms with E-state index in [9.17, 15) is 13.2 Å². The molecule has 2 rings (SSSR count). The molecule has 0 saturated carbocycles. The van der Waals surface area contributed by atoms with Crippen LogP contribution in [-0.4, -0.2) is 54.4 Å². The lowest BCUT2D eigenvalue weighted by molar-refractivity contribution is 0.239. The van der Waals surface area contributed by atoms with Crippen LogP contribution >= 0.6 is 0 Å². The largest absolute Gasteiger partial charge is 0.338 e. The Labute approximate surface area is 137 Å². The average Bonchev–Trinajstić information content (AvgIpc) is 2.93. The molecule has 1 aromatic heterocycles. The minimum absolute atomic E-state index is 0.138. The first-order chi connectivity index (χ1) is 10.8. The van der Waals surface area contributed by atoms with Crippen molar-refractivity contribution < 1.29 is 13.2 Å². The monoisotopic (exact) mass is 343 g/mol. The third-order valence-electron chi connectivity index (χ3n) is 3.90. The molecule has 23 heavy (non-hydrogen) atoms. The van der Waals surface area contributed by atoms with Crippen LogP contribution in [0.5, 0.6) is 0 Å². The number of hydrogen-bond acceptors (Lipinski definition) is 4. The normalized spacial score (nSPS) is 19.7. The zero-order valence-corrected chi connectivity index (χ0v) is 14.6. The van der Waals surface area contributed by atoms with Crippen molar-refractivity contribution in [2.45, 2.75) is 32.7 Å². The number of nitrogens with one attached hydrogen (secondary N) is 2. The first kappa shape index (κ1) is 17.7. The molecule has 0 bridgehead atoms. The second-order valence-corrected chi connectivity index (χ2v) is 8.20. The Morgan fingerprint density at radius 2 is 2.22 bits per heavy atom. The van der Waals surface area contributed by atoms with Crippen LogP contribution in [0.2, 0.25) is 0 Å². The number of anilines is 1. The first-order valence-corrected chi connectivity index (χ1v) is 9.65. The molecule has 1 fully saturated rings. The topological polar surface area (TPSA) is 96.3 Å². The minimum Gasteiger partial charge on any atom is -0.338 e. The Morgan fingerprint density at radius 3 is 2.87 bits per heavy atom. The van der Waals surface area contributed by atoms with Crippen molar-refractivity contribution in [3.05, 3.63) is 12.3 Å². The van der Waals surface area contributed by atoms with E-state index in [0.29, 0.717) is 25.5 Å². The number of nitrogens with zero attached hydrogens (tertiary/aromatic N) is 3. The number of rotatable bonds is 5. The van der Waals surface area contributed by atoms with Crippen LogP contribution in [0.25, 0.3) is 0 Å². The standard InChI is InChI=1S/C14H25N5O3S/c1-11(2)19-13(6-7-16-19)17-14(20)15-9-12-5-4-8-18(10-12)23(3,21)22/h6-7,11-12H,4-5,8-10H2,1-3H3,(H2,15,17,20)/t12-/m1/s1. The van der Waals surface area contributed by atoms with Crippen LogP contribution in [-0.2, 0) is 10.0 Å². The summed E-state index contributed by atoms with van der Waals surface area (Å²) < 4.78 is 26.4. The van der Waals surface area contributed by atoms with E-state index in [0.717, 1.165) is 12.8 Å². The highest BCUT2D eigenvalue weighted by molar-refractivity contribution is 7.88. The van der Waals surface area contributed by atoms with Gasteiger partial charge in [0.25, 0.3) is 0 Å². The van der Waals surface area contributed by atoms with Crippen LogP contribution in [0.4, 0.5) is 10.6 Å². The third-order valence-corrected chi connectivity index (χ3v) is 5.17. The van der Waals surface area contributed by atoms with Crippen molar-refractivity contribution in [3.63, 3.8) is 0 Å². The molecule has 2 N–H and O–H groups in total. The summed E-state index contributed by atoms with van der Waals surface area (Å²) in [5.41, 5.74) is 0. The summed E-state index contributed by atoms with van der Waals surface area (Å²) in [5.74, 6) is 0.776. The molecule has 9 heteroatoms. The van der Waals surface area contributed by atoms with Crippen LogP contribution in [0.1, 0.15) is 32.7 Å². The van der Waals surface area contributed by atoms with Gasteiger partial charge in [0.2, 0.25) is 10.0 Å². The molecule has 0 unspecified atom stereocenters. The molecule has 0 aromatic carbocycles. The van der Waals surface area contributed by atoms with Gasteiger partial charge in [-0.2, -0.15) is 5.10 Å². The predicted molar refractivity (Wildman–Crippen MR) is 88.8 cm³/mol. The second-order valence-electron chi connectivity index (χ2n) is 6.22. The van der Waals surface area contributed by atoms with Crippen LogP contribution in [0.15, 0.2) is 12.3 Å². The zero-order chi connectivity index (χ0) is 17.0. The molecule has 1 aliphatic rings. The van der Waals surface area contributed by atoms with Gasteiger partial charge in [-0.15, -0.1) is 0 Å². The lowest BCUT2D eigenvalue weighted by Crippen LogP contribution is -2.44. The van der Waals surface area contributed by atoms with Gasteiger partial charge >= 0.3 is 6.03 Å². The van der Waals surface area contributed by atoms with Gasteiger partial charge < -0.3 is 5.32 Å². The molecule has 1 aromatic rings. The highest BCUT2D eigenvalue weighted by Crippen LogP contribution is 2.18. The second kappa shape index (κ2) is 7.31. The van der Waals surface area contributed by atoms with Gasteiger partial charge in [0, 0.05) is 31.7 Å². The summed E-state index contributed by atoms with van der Waals surface area (Å²) in [4.78, 5) is 12.0. The van der Waals surface area contributed by atoms with E-state index >= 15 is 0 Å². The molecule has 2 amide bonds. The van der Waals surface area contributed by atoms with Gasteiger partial charge in [0.1, 0.15) is 5.82 Å². The Bertz CT molecular complexity index is 641. The highest BCUT2D eigenvalue weighted by atomic mass is 32.2. The molecule has 1 saturated heterocycles. The van der Waals surface area contributed by atoms with Crippen LogP contribution in [0, 0.1) is 5.92 Å². The van der Waals surface area contributed by atoms with E-state index < -0.39 is 10.0 Å². The van der Waals surface area contributed by atoms with Gasteiger partial charge in [0.15, 0.2) is 0 Å². The first-order valence-electron chi connectivity index (χ1n) is 7.81. The fourth-order valence-corrected chi connectivity index (χ4v) is 3.66. The molecule has 1 aliphatic heterocycles. The Hall–Kier alpha value is -1.61. The van der Waals surface area contributed by atoms with Gasteiger partial charge in [0.05, 0.1) is 12.5 Å². The molecule has 0 radical (unpaired) electrons. The fraction of sp³-hybridized carbons (Fsp3) is 0.714. The molecule has 2 heterocycles. The Balaban J connectivity index is 1.83. The van der Waals surface area contributed by atoms with Gasteiger partial charge in [-0.25, -0.2) is 22.2 Å². The predicted octanol–water partition coefficient (Wildman–Crippen LogP) is 1.26. The minimum atomic E-state index is -3.16. The van der Waals surface area contributed by atoms with E-state index in [1.807, 2.05) is 13.8 Å². The summed E-state index contributed by atoms with van der Waals surface area (Å²) in [7, 11) is -3.16. The molecule has 130 valence electrons. The maximum atomic E-state index is 12.0. The summed E-state index contributed by atoms with van der Waals surface area (Å²) in [6, 6.07) is 1.59. The number of urea groups is 1. The number of carbonyl (C=O) groups excluding carboxylic acids is 1. The number of sulfonamides is 1. The fourth-order valence-electron chi connectivity index (χ4n) is 2.72. The van der Waals surface area contributed by atoms with Crippen molar-refractivity contribution in [2.24, 2.45) is 5.92 Å². The average molecular weight is 343 g/mol. The maximum Gasteiger partial charge on any atom is 0.320 e. The molecular formula is C14H25N5O3S. The lowest BCUT2D eigenvalue weighted by Gasteiger charge is -2.30. The van der Waals surface area contributed by atoms with E-state index in [1.54, 1.807) is 16.9 Å². The van der Waals surface area contributed by atoms with Crippen LogP contribution < -0.4 is 10.6 Å². The number of carbonyl (C=O) groups is 1. The summed E-state index contributed by atoms with van der Waals surface area (Å²) in [5, 5.41) is 9.74. The summed E-state index contributed by atoms with van der Waals surface area (Å²) in [6.07, 6.45) is 4.60. The van der Waals surface area contributed by atoms with Gasteiger partial charge in [-0.05, 0) is 32.6 Å². The van der Waals surface area contributed by atoms with E-state index in [4.69, 9.17) is 0 Å². The van der Waals surface area contributed by atoms with Gasteiger partial charge in [-0.1, -0.05) is 0 Å². The van der Waals surface area contributed by atoms with Gasteiger partial charge in [-0.3, -0.25) is 5.32 Å². The number of aromatic nitrogens is 2. The van der Waals surface area contributed by atoms with E-state index in [1.165, 1.54) is 10.6 Å². The SMILES string of the molecule is CC(C)n1nccc1NC(=O)NC[C@H]1CCCN(S(C)(=O)=O)C1. The molecule has 0 aliphatic carbocycles. The third kappa shape index (κ3) is 4.93. The maximum absolute atomic E-state index is 12.0. The van der Waals surface area contributed by atoms with Crippen molar-refractivity contribution >= 4 is 21.9 Å². The quantitative estimate of drug-likeness (QED) is 0.841. The van der Waals surface area contributed by atoms with Crippen molar-refractivity contribution in [2.75, 3.05) is 31.2 Å². The molecular weight excluding hydrogens is 318 g/mol. The number of amides is 2. The lowest BCUT2D eigenvalue weighted by atomic mass is 10.00. The smallest absolute Gasteiger partial charge is 0.320 e.